The molecular weight excluding hydrogens is 250 g/mol. The summed E-state index contributed by atoms with van der Waals surface area (Å²) in [4.78, 5) is 1.35. The lowest BCUT2D eigenvalue weighted by Gasteiger charge is -2.19. The van der Waals surface area contributed by atoms with E-state index in [1.165, 1.54) is 10.4 Å². The number of nitrogens with one attached hydrogen (secondary N) is 1. The van der Waals surface area contributed by atoms with Gasteiger partial charge in [0.05, 0.1) is 6.04 Å². The first kappa shape index (κ1) is 12.6. The van der Waals surface area contributed by atoms with E-state index in [2.05, 4.69) is 36.7 Å². The Morgan fingerprint density at radius 1 is 1.29 bits per heavy atom. The highest BCUT2D eigenvalue weighted by molar-refractivity contribution is 7.10. The second-order valence-corrected chi connectivity index (χ2v) is 5.33. The zero-order valence-corrected chi connectivity index (χ0v) is 11.6. The summed E-state index contributed by atoms with van der Waals surface area (Å²) in [5, 5.41) is 6.46. The maximum Gasteiger partial charge on any atom is 0.0688 e. The summed E-state index contributed by atoms with van der Waals surface area (Å²) in [6, 6.07) is 10.4. The Morgan fingerprint density at radius 2 is 2.06 bits per heavy atom. The van der Waals surface area contributed by atoms with Gasteiger partial charge in [0.15, 0.2) is 0 Å². The smallest absolute Gasteiger partial charge is 0.0688 e. The van der Waals surface area contributed by atoms with Crippen LogP contribution in [0.25, 0.3) is 0 Å². The van der Waals surface area contributed by atoms with Crippen LogP contribution in [0, 0.1) is 6.92 Å². The van der Waals surface area contributed by atoms with Crippen molar-refractivity contribution in [3.8, 4) is 0 Å². The molecule has 0 amide bonds. The number of rotatable bonds is 4. The minimum atomic E-state index is 0.202. The molecule has 1 nitrogen and oxygen atoms in total. The van der Waals surface area contributed by atoms with Gasteiger partial charge in [-0.3, -0.25) is 0 Å². The van der Waals surface area contributed by atoms with Crippen molar-refractivity contribution >= 4 is 22.9 Å². The molecule has 1 aromatic heterocycles. The lowest BCUT2D eigenvalue weighted by atomic mass is 10.0. The van der Waals surface area contributed by atoms with Crippen LogP contribution in [-0.4, -0.2) is 6.54 Å². The fourth-order valence-corrected chi connectivity index (χ4v) is 3.20. The molecule has 3 heteroatoms. The molecule has 0 radical (unpaired) electrons. The molecule has 0 saturated carbocycles. The number of hydrogen-bond donors (Lipinski definition) is 1. The van der Waals surface area contributed by atoms with Crippen molar-refractivity contribution in [2.45, 2.75) is 19.9 Å². The molecule has 17 heavy (non-hydrogen) atoms. The molecule has 90 valence electrons. The number of hydrogen-bond acceptors (Lipinski definition) is 2. The Hall–Kier alpha value is -0.830. The number of aryl methyl sites for hydroxylation is 1. The van der Waals surface area contributed by atoms with E-state index in [1.54, 1.807) is 11.3 Å². The predicted molar refractivity (Wildman–Crippen MR) is 76.0 cm³/mol. The average molecular weight is 266 g/mol. The third kappa shape index (κ3) is 2.71. The van der Waals surface area contributed by atoms with Gasteiger partial charge in [-0.1, -0.05) is 36.7 Å². The first-order chi connectivity index (χ1) is 8.24. The Balaban J connectivity index is 2.43. The largest absolute Gasteiger partial charge is 0.306 e. The van der Waals surface area contributed by atoms with Crippen molar-refractivity contribution < 1.29 is 0 Å². The summed E-state index contributed by atoms with van der Waals surface area (Å²) >= 11 is 8.07. The second-order valence-electron chi connectivity index (χ2n) is 3.98. The Morgan fingerprint density at radius 3 is 2.65 bits per heavy atom. The molecule has 1 aromatic carbocycles. The van der Waals surface area contributed by atoms with E-state index in [-0.39, 0.29) is 6.04 Å². The van der Waals surface area contributed by atoms with Crippen molar-refractivity contribution in [3.63, 3.8) is 0 Å². The van der Waals surface area contributed by atoms with Gasteiger partial charge in [-0.25, -0.2) is 0 Å². The van der Waals surface area contributed by atoms with Crippen molar-refractivity contribution in [2.24, 2.45) is 0 Å². The van der Waals surface area contributed by atoms with Crippen LogP contribution in [0.5, 0.6) is 0 Å². The first-order valence-corrected chi connectivity index (χ1v) is 7.01. The van der Waals surface area contributed by atoms with Gasteiger partial charge < -0.3 is 5.32 Å². The van der Waals surface area contributed by atoms with Gasteiger partial charge >= 0.3 is 0 Å². The molecule has 0 saturated heterocycles. The lowest BCUT2D eigenvalue weighted by Crippen LogP contribution is -2.22. The normalized spacial score (nSPS) is 12.6. The topological polar surface area (TPSA) is 12.0 Å². The van der Waals surface area contributed by atoms with Gasteiger partial charge in [0, 0.05) is 9.90 Å². The molecule has 2 aromatic rings. The van der Waals surface area contributed by atoms with Crippen LogP contribution in [0.2, 0.25) is 5.02 Å². The Bertz CT molecular complexity index is 492. The van der Waals surface area contributed by atoms with E-state index >= 15 is 0 Å². The molecule has 0 fully saturated rings. The summed E-state index contributed by atoms with van der Waals surface area (Å²) in [7, 11) is 0. The van der Waals surface area contributed by atoms with Gasteiger partial charge in [0.1, 0.15) is 0 Å². The molecule has 1 unspecified atom stereocenters. The van der Waals surface area contributed by atoms with Crippen molar-refractivity contribution in [1.29, 1.82) is 0 Å². The van der Waals surface area contributed by atoms with E-state index in [0.29, 0.717) is 0 Å². The van der Waals surface area contributed by atoms with Gasteiger partial charge in [0.25, 0.3) is 0 Å². The summed E-state index contributed by atoms with van der Waals surface area (Å²) in [6.45, 7) is 5.19. The molecule has 0 spiro atoms. The maximum atomic E-state index is 6.29. The summed E-state index contributed by atoms with van der Waals surface area (Å²) in [5.41, 5.74) is 2.47. The van der Waals surface area contributed by atoms with Crippen LogP contribution >= 0.6 is 22.9 Å². The van der Waals surface area contributed by atoms with Crippen LogP contribution in [-0.2, 0) is 0 Å². The van der Waals surface area contributed by atoms with E-state index in [4.69, 9.17) is 11.6 Å². The van der Waals surface area contributed by atoms with Gasteiger partial charge in [-0.05, 0) is 42.1 Å². The highest BCUT2D eigenvalue weighted by Crippen LogP contribution is 2.32. The molecule has 2 rings (SSSR count). The van der Waals surface area contributed by atoms with Crippen molar-refractivity contribution in [2.75, 3.05) is 6.54 Å². The predicted octanol–water partition coefficient (Wildman–Crippen LogP) is 4.41. The number of thiophene rings is 1. The monoisotopic (exact) mass is 265 g/mol. The summed E-state index contributed by atoms with van der Waals surface area (Å²) < 4.78 is 0. The van der Waals surface area contributed by atoms with E-state index in [1.807, 2.05) is 18.2 Å². The van der Waals surface area contributed by atoms with Gasteiger partial charge in [-0.15, -0.1) is 11.3 Å². The van der Waals surface area contributed by atoms with Gasteiger partial charge in [-0.2, -0.15) is 0 Å². The highest BCUT2D eigenvalue weighted by atomic mass is 35.5. The zero-order chi connectivity index (χ0) is 12.3. The van der Waals surface area contributed by atoms with Crippen LogP contribution in [0.15, 0.2) is 35.7 Å². The molecular formula is C14H16ClNS. The molecule has 1 heterocycles. The molecule has 0 aliphatic heterocycles. The van der Waals surface area contributed by atoms with Gasteiger partial charge in [0.2, 0.25) is 0 Å². The molecule has 0 aliphatic rings. The minimum absolute atomic E-state index is 0.202. The van der Waals surface area contributed by atoms with Crippen LogP contribution in [0.1, 0.15) is 29.0 Å². The van der Waals surface area contributed by atoms with E-state index in [9.17, 15) is 0 Å². The minimum Gasteiger partial charge on any atom is -0.306 e. The van der Waals surface area contributed by atoms with Crippen molar-refractivity contribution in [1.82, 2.24) is 5.32 Å². The number of halogens is 1. The second kappa shape index (κ2) is 5.67. The molecule has 1 atom stereocenters. The first-order valence-electron chi connectivity index (χ1n) is 5.75. The average Bonchev–Trinajstić information content (AvgIpc) is 2.74. The summed E-state index contributed by atoms with van der Waals surface area (Å²) in [6.07, 6.45) is 0. The fraction of sp³-hybridized carbons (Fsp3) is 0.286. The zero-order valence-electron chi connectivity index (χ0n) is 10.0. The lowest BCUT2D eigenvalue weighted by molar-refractivity contribution is 0.637. The quantitative estimate of drug-likeness (QED) is 0.864. The molecule has 0 bridgehead atoms. The van der Waals surface area contributed by atoms with Crippen molar-refractivity contribution in [3.05, 3.63) is 56.7 Å². The number of benzene rings is 1. The third-order valence-corrected chi connectivity index (χ3v) is 4.22. The Kier molecular flexibility index (Phi) is 4.21. The SMILES string of the molecule is CCNC(c1ccccc1Cl)c1sccc1C. The summed E-state index contributed by atoms with van der Waals surface area (Å²) in [5.74, 6) is 0. The van der Waals surface area contributed by atoms with Crippen LogP contribution in [0.4, 0.5) is 0 Å². The molecule has 0 aliphatic carbocycles. The highest BCUT2D eigenvalue weighted by Gasteiger charge is 2.18. The van der Waals surface area contributed by atoms with E-state index in [0.717, 1.165) is 17.1 Å². The molecule has 1 N–H and O–H groups in total. The fourth-order valence-electron chi connectivity index (χ4n) is 1.94. The third-order valence-electron chi connectivity index (χ3n) is 2.79. The maximum absolute atomic E-state index is 6.29. The van der Waals surface area contributed by atoms with Crippen LogP contribution < -0.4 is 5.32 Å². The van der Waals surface area contributed by atoms with E-state index < -0.39 is 0 Å². The van der Waals surface area contributed by atoms with Crippen LogP contribution in [0.3, 0.4) is 0 Å². The standard InChI is InChI=1S/C14H16ClNS/c1-3-16-13(14-10(2)8-9-17-14)11-6-4-5-7-12(11)15/h4-9,13,16H,3H2,1-2H3. The Labute approximate surface area is 111 Å².